The first-order chi connectivity index (χ1) is 13.1. The maximum absolute atomic E-state index is 12.4. The number of thioether (sulfide) groups is 1. The lowest BCUT2D eigenvalue weighted by Gasteiger charge is -2.22. The summed E-state index contributed by atoms with van der Waals surface area (Å²) >= 11 is 1.32. The van der Waals surface area contributed by atoms with Gasteiger partial charge in [0.05, 0.1) is 11.5 Å². The Kier molecular flexibility index (Phi) is 11.3. The summed E-state index contributed by atoms with van der Waals surface area (Å²) in [5, 5.41) is 2.84. The molecule has 0 fully saturated rings. The van der Waals surface area contributed by atoms with Gasteiger partial charge in [0.1, 0.15) is 0 Å². The number of hydrogen-bond acceptors (Lipinski definition) is 4. The standard InChI is InChI=1S/C21H27N3O2S.ClH/c1-17-7-9-19(10-8-17)23-20(25)15-27-16-21(26)24(14-12-22)13-11-18-5-3-2-4-6-18;/h2-10H,11-16,22H2,1H3,(H,23,25);1H. The van der Waals surface area contributed by atoms with Crippen molar-refractivity contribution in [2.24, 2.45) is 5.73 Å². The number of nitrogens with one attached hydrogen (secondary N) is 1. The van der Waals surface area contributed by atoms with Crippen LogP contribution in [-0.4, -0.2) is 47.9 Å². The minimum atomic E-state index is -0.105. The van der Waals surface area contributed by atoms with E-state index in [9.17, 15) is 9.59 Å². The van der Waals surface area contributed by atoms with Gasteiger partial charge >= 0.3 is 0 Å². The van der Waals surface area contributed by atoms with Crippen molar-refractivity contribution < 1.29 is 9.59 Å². The molecule has 0 aromatic heterocycles. The molecule has 2 aromatic rings. The molecule has 2 amide bonds. The van der Waals surface area contributed by atoms with Gasteiger partial charge in [-0.05, 0) is 31.0 Å². The smallest absolute Gasteiger partial charge is 0.234 e. The average molecular weight is 422 g/mol. The van der Waals surface area contributed by atoms with Gasteiger partial charge < -0.3 is 16.0 Å². The molecule has 0 unspecified atom stereocenters. The number of benzene rings is 2. The summed E-state index contributed by atoms with van der Waals surface area (Å²) in [6, 6.07) is 17.7. The van der Waals surface area contributed by atoms with Crippen LogP contribution in [0.25, 0.3) is 0 Å². The molecule has 0 atom stereocenters. The van der Waals surface area contributed by atoms with Gasteiger partial charge in [-0.15, -0.1) is 24.2 Å². The van der Waals surface area contributed by atoms with Crippen LogP contribution >= 0.6 is 24.2 Å². The molecule has 7 heteroatoms. The monoisotopic (exact) mass is 421 g/mol. The molecule has 2 rings (SSSR count). The summed E-state index contributed by atoms with van der Waals surface area (Å²) in [7, 11) is 0. The van der Waals surface area contributed by atoms with Crippen molar-refractivity contribution >= 4 is 41.7 Å². The molecule has 0 saturated heterocycles. The molecule has 0 radical (unpaired) electrons. The molecule has 3 N–H and O–H groups in total. The Bertz CT molecular complexity index is 726. The molecule has 0 aliphatic rings. The Labute approximate surface area is 177 Å². The molecule has 28 heavy (non-hydrogen) atoms. The van der Waals surface area contributed by atoms with E-state index in [2.05, 4.69) is 17.4 Å². The predicted molar refractivity (Wildman–Crippen MR) is 120 cm³/mol. The van der Waals surface area contributed by atoms with Crippen LogP contribution in [0.4, 0.5) is 5.69 Å². The first-order valence-electron chi connectivity index (χ1n) is 9.04. The third-order valence-electron chi connectivity index (χ3n) is 4.06. The van der Waals surface area contributed by atoms with Crippen molar-refractivity contribution in [1.82, 2.24) is 4.90 Å². The third kappa shape index (κ3) is 8.78. The molecule has 0 spiro atoms. The Hall–Kier alpha value is -2.02. The van der Waals surface area contributed by atoms with E-state index in [1.54, 1.807) is 4.90 Å². The van der Waals surface area contributed by atoms with Crippen LogP contribution in [0.3, 0.4) is 0 Å². The fourth-order valence-electron chi connectivity index (χ4n) is 2.58. The summed E-state index contributed by atoms with van der Waals surface area (Å²) in [5.41, 5.74) is 8.75. The highest BCUT2D eigenvalue weighted by Crippen LogP contribution is 2.10. The van der Waals surface area contributed by atoms with Crippen LogP contribution in [0.5, 0.6) is 0 Å². The van der Waals surface area contributed by atoms with E-state index in [1.807, 2.05) is 49.4 Å². The molecular weight excluding hydrogens is 394 g/mol. The topological polar surface area (TPSA) is 75.4 Å². The number of hydrogen-bond donors (Lipinski definition) is 2. The Morgan fingerprint density at radius 1 is 1.00 bits per heavy atom. The number of rotatable bonds is 10. The maximum atomic E-state index is 12.4. The zero-order valence-corrected chi connectivity index (χ0v) is 17.7. The van der Waals surface area contributed by atoms with Gasteiger partial charge in [-0.2, -0.15) is 0 Å². The van der Waals surface area contributed by atoms with Crippen molar-refractivity contribution in [3.63, 3.8) is 0 Å². The fraction of sp³-hybridized carbons (Fsp3) is 0.333. The van der Waals surface area contributed by atoms with Crippen molar-refractivity contribution in [1.29, 1.82) is 0 Å². The van der Waals surface area contributed by atoms with E-state index in [4.69, 9.17) is 5.73 Å². The quantitative estimate of drug-likeness (QED) is 0.618. The molecule has 0 bridgehead atoms. The molecule has 0 aliphatic heterocycles. The molecule has 0 aliphatic carbocycles. The summed E-state index contributed by atoms with van der Waals surface area (Å²) in [4.78, 5) is 26.2. The highest BCUT2D eigenvalue weighted by Gasteiger charge is 2.14. The zero-order valence-electron chi connectivity index (χ0n) is 16.1. The van der Waals surface area contributed by atoms with Crippen LogP contribution in [-0.2, 0) is 16.0 Å². The second-order valence-corrected chi connectivity index (χ2v) is 7.30. The number of anilines is 1. The Morgan fingerprint density at radius 3 is 2.32 bits per heavy atom. The Morgan fingerprint density at radius 2 is 1.68 bits per heavy atom. The predicted octanol–water partition coefficient (Wildman–Crippen LogP) is 3.12. The number of aryl methyl sites for hydroxylation is 1. The Balaban J connectivity index is 0.00000392. The second-order valence-electron chi connectivity index (χ2n) is 6.31. The van der Waals surface area contributed by atoms with Crippen molar-refractivity contribution in [2.75, 3.05) is 36.5 Å². The molecular formula is C21H28ClN3O2S. The first kappa shape index (κ1) is 24.0. The first-order valence-corrected chi connectivity index (χ1v) is 10.2. The molecule has 152 valence electrons. The second kappa shape index (κ2) is 13.2. The summed E-state index contributed by atoms with van der Waals surface area (Å²) in [6.07, 6.45) is 0.797. The van der Waals surface area contributed by atoms with Crippen molar-refractivity contribution in [3.05, 3.63) is 65.7 Å². The SMILES string of the molecule is Cc1ccc(NC(=O)CSCC(=O)N(CCN)CCc2ccccc2)cc1.Cl. The van der Waals surface area contributed by atoms with Crippen LogP contribution < -0.4 is 11.1 Å². The maximum Gasteiger partial charge on any atom is 0.234 e. The molecule has 5 nitrogen and oxygen atoms in total. The zero-order chi connectivity index (χ0) is 19.5. The van der Waals surface area contributed by atoms with Crippen molar-refractivity contribution in [2.45, 2.75) is 13.3 Å². The van der Waals surface area contributed by atoms with Crippen LogP contribution in [0.2, 0.25) is 0 Å². The normalized spacial score (nSPS) is 10.1. The largest absolute Gasteiger partial charge is 0.340 e. The van der Waals surface area contributed by atoms with Crippen molar-refractivity contribution in [3.8, 4) is 0 Å². The van der Waals surface area contributed by atoms with Gasteiger partial charge in [0, 0.05) is 25.3 Å². The molecule has 0 saturated carbocycles. The number of carbonyl (C=O) groups is 2. The summed E-state index contributed by atoms with van der Waals surface area (Å²) in [6.45, 7) is 3.59. The molecule has 0 heterocycles. The van der Waals surface area contributed by atoms with Gasteiger partial charge in [-0.3, -0.25) is 9.59 Å². The molecule has 2 aromatic carbocycles. The van der Waals surface area contributed by atoms with Gasteiger partial charge in [0.25, 0.3) is 0 Å². The van der Waals surface area contributed by atoms with Crippen LogP contribution in [0, 0.1) is 6.92 Å². The van der Waals surface area contributed by atoms with Gasteiger partial charge in [0.15, 0.2) is 0 Å². The number of nitrogens with two attached hydrogens (primary N) is 1. The van der Waals surface area contributed by atoms with Crippen LogP contribution in [0.15, 0.2) is 54.6 Å². The number of carbonyl (C=O) groups excluding carboxylic acids is 2. The lowest BCUT2D eigenvalue weighted by atomic mass is 10.1. The number of halogens is 1. The minimum Gasteiger partial charge on any atom is -0.340 e. The van der Waals surface area contributed by atoms with Gasteiger partial charge in [-0.25, -0.2) is 0 Å². The van der Waals surface area contributed by atoms with Gasteiger partial charge in [-0.1, -0.05) is 48.0 Å². The number of nitrogens with zero attached hydrogens (tertiary/aromatic N) is 1. The summed E-state index contributed by atoms with van der Waals surface area (Å²) < 4.78 is 0. The lowest BCUT2D eigenvalue weighted by molar-refractivity contribution is -0.128. The van der Waals surface area contributed by atoms with E-state index >= 15 is 0 Å². The summed E-state index contributed by atoms with van der Waals surface area (Å²) in [5.74, 6) is 0.432. The van der Waals surface area contributed by atoms with Crippen LogP contribution in [0.1, 0.15) is 11.1 Å². The average Bonchev–Trinajstić information content (AvgIpc) is 2.67. The van der Waals surface area contributed by atoms with E-state index in [-0.39, 0.29) is 35.7 Å². The van der Waals surface area contributed by atoms with E-state index in [1.165, 1.54) is 17.3 Å². The highest BCUT2D eigenvalue weighted by atomic mass is 35.5. The lowest BCUT2D eigenvalue weighted by Crippen LogP contribution is -2.38. The number of amides is 2. The third-order valence-corrected chi connectivity index (χ3v) is 4.98. The minimum absolute atomic E-state index is 0. The van der Waals surface area contributed by atoms with E-state index in [0.29, 0.717) is 19.6 Å². The van der Waals surface area contributed by atoms with E-state index in [0.717, 1.165) is 17.7 Å². The van der Waals surface area contributed by atoms with Gasteiger partial charge in [0.2, 0.25) is 11.8 Å². The van der Waals surface area contributed by atoms with E-state index < -0.39 is 0 Å². The highest BCUT2D eigenvalue weighted by molar-refractivity contribution is 8.00. The fourth-order valence-corrected chi connectivity index (χ4v) is 3.30.